The minimum absolute atomic E-state index is 0. The van der Waals surface area contributed by atoms with Crippen LogP contribution in [0, 0.1) is 69.2 Å². The molecule has 70 heavy (non-hydrogen) atoms. The van der Waals surface area contributed by atoms with Gasteiger partial charge in [-0.3, -0.25) is 0 Å². The van der Waals surface area contributed by atoms with Crippen molar-refractivity contribution in [2.45, 2.75) is 121 Å². The maximum Gasteiger partial charge on any atom is 0.255 e. The van der Waals surface area contributed by atoms with Gasteiger partial charge in [0.1, 0.15) is 11.4 Å². The first-order chi connectivity index (χ1) is 32.9. The predicted molar refractivity (Wildman–Crippen MR) is 292 cm³/mol. The number of nitrogens with zero attached hydrogens (tertiary/aromatic N) is 2. The van der Waals surface area contributed by atoms with Crippen LogP contribution in [0.3, 0.4) is 0 Å². The molecule has 354 valence electrons. The van der Waals surface area contributed by atoms with Gasteiger partial charge >= 0.3 is 0 Å². The molecule has 8 aromatic carbocycles. The lowest BCUT2D eigenvalue weighted by Gasteiger charge is -2.24. The van der Waals surface area contributed by atoms with Gasteiger partial charge in [0.05, 0.1) is 0 Å². The Morgan fingerprint density at radius 3 is 1.06 bits per heavy atom. The van der Waals surface area contributed by atoms with E-state index < -0.39 is 0 Å². The van der Waals surface area contributed by atoms with Gasteiger partial charge in [-0.2, -0.15) is 9.13 Å². The minimum Gasteiger partial charge on any atom is -1.00 e. The topological polar surface area (TPSA) is 8.81 Å². The van der Waals surface area contributed by atoms with E-state index in [-0.39, 0.29) is 36.1 Å². The van der Waals surface area contributed by atoms with Crippen LogP contribution in [0.25, 0.3) is 44.7 Å². The van der Waals surface area contributed by atoms with Crippen molar-refractivity contribution in [2.75, 3.05) is 0 Å². The standard InChI is InChI=1S/C67H69N2.ClH/c1-38-21-39(2)26-53(25-38)48(11)59-33-46(9)34-60(49(12)54-27-40(3)22-41(4)28-54)64(59)68-37-69(67-58-20-16-18-52-17-15-19-57(63(52)58)66(67)68)65-61(50(13)55-29-42(5)23-43(6)30-55)35-47(10)36-62(65)51(14)56-31-44(7)24-45(8)32-56;/h15-37,48-51H,1-14H3;1H/q+1;/p-1/t48-,49-,50-,51-;/m1./s1. The molecule has 0 aliphatic heterocycles. The number of fused-ring (bicyclic) bond motifs is 3. The molecule has 1 heterocycles. The molecule has 4 atom stereocenters. The molecule has 0 N–H and O–H groups in total. The van der Waals surface area contributed by atoms with Crippen LogP contribution in [-0.2, 0) is 0 Å². The summed E-state index contributed by atoms with van der Waals surface area (Å²) in [5, 5.41) is 2.60. The summed E-state index contributed by atoms with van der Waals surface area (Å²) in [5.41, 5.74) is 31.3. The van der Waals surface area contributed by atoms with Crippen LogP contribution in [0.15, 0.2) is 140 Å². The van der Waals surface area contributed by atoms with Gasteiger partial charge in [-0.05, 0) is 109 Å². The van der Waals surface area contributed by atoms with E-state index in [1.54, 1.807) is 0 Å². The monoisotopic (exact) mass is 937 g/mol. The first kappa shape index (κ1) is 48.5. The third-order valence-corrected chi connectivity index (χ3v) is 15.3. The zero-order valence-electron chi connectivity index (χ0n) is 43.9. The molecule has 0 bridgehead atoms. The smallest absolute Gasteiger partial charge is 0.255 e. The molecule has 9 aromatic rings. The average Bonchev–Trinajstić information content (AvgIpc) is 3.83. The highest BCUT2D eigenvalue weighted by atomic mass is 35.5. The van der Waals surface area contributed by atoms with Gasteiger partial charge in [0, 0.05) is 62.4 Å². The van der Waals surface area contributed by atoms with Crippen molar-refractivity contribution in [3.05, 3.63) is 240 Å². The van der Waals surface area contributed by atoms with Crippen LogP contribution in [0.2, 0.25) is 0 Å². The van der Waals surface area contributed by atoms with E-state index in [1.807, 2.05) is 0 Å². The molecule has 0 spiro atoms. The lowest BCUT2D eigenvalue weighted by Crippen LogP contribution is -3.00. The maximum absolute atomic E-state index is 2.64. The Bertz CT molecular complexity index is 3060. The van der Waals surface area contributed by atoms with Crippen LogP contribution in [0.1, 0.15) is 152 Å². The summed E-state index contributed by atoms with van der Waals surface area (Å²) in [6.07, 6.45) is 2.50. The molecule has 0 saturated carbocycles. The van der Waals surface area contributed by atoms with Gasteiger partial charge in [-0.15, -0.1) is 0 Å². The normalized spacial score (nSPS) is 13.5. The van der Waals surface area contributed by atoms with Crippen molar-refractivity contribution in [3.63, 3.8) is 0 Å². The van der Waals surface area contributed by atoms with E-state index >= 15 is 0 Å². The number of halogens is 1. The summed E-state index contributed by atoms with van der Waals surface area (Å²) >= 11 is 0. The number of imidazole rings is 1. The largest absolute Gasteiger partial charge is 1.00 e. The van der Waals surface area contributed by atoms with Crippen molar-refractivity contribution in [2.24, 2.45) is 0 Å². The Morgan fingerprint density at radius 2 is 0.686 bits per heavy atom. The van der Waals surface area contributed by atoms with Crippen molar-refractivity contribution >= 4 is 10.8 Å². The highest BCUT2D eigenvalue weighted by Gasteiger charge is 2.40. The van der Waals surface area contributed by atoms with Crippen molar-refractivity contribution in [3.8, 4) is 33.9 Å². The summed E-state index contributed by atoms with van der Waals surface area (Å²) in [6, 6.07) is 52.3. The molecule has 1 aromatic heterocycles. The Kier molecular flexibility index (Phi) is 13.0. The molecule has 2 nitrogen and oxygen atoms in total. The quantitative estimate of drug-likeness (QED) is 0.121. The number of rotatable bonds is 10. The summed E-state index contributed by atoms with van der Waals surface area (Å²) in [7, 11) is 0. The van der Waals surface area contributed by atoms with Crippen LogP contribution >= 0.6 is 0 Å². The van der Waals surface area contributed by atoms with Gasteiger partial charge in [-0.1, -0.05) is 205 Å². The molecule has 0 amide bonds. The zero-order chi connectivity index (χ0) is 48.7. The van der Waals surface area contributed by atoms with E-state index in [2.05, 4.69) is 246 Å². The molecule has 10 rings (SSSR count). The highest BCUT2D eigenvalue weighted by molar-refractivity contribution is 6.13. The number of aryl methyl sites for hydroxylation is 10. The first-order valence-electron chi connectivity index (χ1n) is 25.3. The average molecular weight is 938 g/mol. The maximum atomic E-state index is 2.64. The van der Waals surface area contributed by atoms with Crippen molar-refractivity contribution in [1.82, 2.24) is 4.57 Å². The fraction of sp³-hybridized carbons (Fsp3) is 0.269. The second kappa shape index (κ2) is 18.7. The lowest BCUT2D eigenvalue weighted by molar-refractivity contribution is -0.584. The molecule has 0 unspecified atom stereocenters. The molecule has 3 heteroatoms. The van der Waals surface area contributed by atoms with Crippen LogP contribution in [0.4, 0.5) is 0 Å². The van der Waals surface area contributed by atoms with Crippen LogP contribution in [-0.4, -0.2) is 4.57 Å². The molecule has 1 aliphatic carbocycles. The van der Waals surface area contributed by atoms with Crippen LogP contribution < -0.4 is 17.0 Å². The molecular formula is C67H69ClN2. The highest BCUT2D eigenvalue weighted by Crippen LogP contribution is 2.50. The SMILES string of the molecule is Cc1cc(C)cc([C@@H](C)c2cc(C)cc([C@H](C)c3cc(C)cc(C)c3)c2-n2c[n+](-c3c([C@H](C)c4cc(C)cc(C)c4)cc(C)cc3[C@H](C)c3cc(C)cc(C)c3)c3c2-c2cccc4cccc-3c24)c1.[Cl-]. The Labute approximate surface area is 424 Å². The summed E-state index contributed by atoms with van der Waals surface area (Å²) in [5.74, 6) is 0.479. The van der Waals surface area contributed by atoms with Gasteiger partial charge in [-0.25, -0.2) is 0 Å². The van der Waals surface area contributed by atoms with E-state index in [4.69, 9.17) is 0 Å². The molecule has 0 fully saturated rings. The van der Waals surface area contributed by atoms with Gasteiger partial charge in [0.15, 0.2) is 11.4 Å². The number of aromatic nitrogens is 2. The molecule has 0 radical (unpaired) electrons. The number of benzene rings is 8. The van der Waals surface area contributed by atoms with Gasteiger partial charge < -0.3 is 12.4 Å². The summed E-state index contributed by atoms with van der Waals surface area (Å²) in [6.45, 7) is 32.2. The fourth-order valence-electron chi connectivity index (χ4n) is 12.4. The Morgan fingerprint density at radius 1 is 0.371 bits per heavy atom. The lowest BCUT2D eigenvalue weighted by atomic mass is 9.82. The third kappa shape index (κ3) is 8.64. The van der Waals surface area contributed by atoms with Crippen molar-refractivity contribution < 1.29 is 17.0 Å². The van der Waals surface area contributed by atoms with E-state index in [1.165, 1.54) is 145 Å². The van der Waals surface area contributed by atoms with Crippen LogP contribution in [0.5, 0.6) is 0 Å². The summed E-state index contributed by atoms with van der Waals surface area (Å²) in [4.78, 5) is 0. The molecule has 1 aliphatic rings. The third-order valence-electron chi connectivity index (χ3n) is 15.3. The van der Waals surface area contributed by atoms with E-state index in [9.17, 15) is 0 Å². The number of hydrogen-bond donors (Lipinski definition) is 0. The Balaban J connectivity index is 0.00000608. The Hall–Kier alpha value is -6.48. The molecular weight excluding hydrogens is 868 g/mol. The minimum atomic E-state index is 0. The fourth-order valence-corrected chi connectivity index (χ4v) is 12.4. The first-order valence-corrected chi connectivity index (χ1v) is 25.3. The van der Waals surface area contributed by atoms with E-state index in [0.29, 0.717) is 0 Å². The second-order valence-electron chi connectivity index (χ2n) is 21.4. The number of hydrogen-bond acceptors (Lipinski definition) is 0. The second-order valence-corrected chi connectivity index (χ2v) is 21.4. The van der Waals surface area contributed by atoms with Gasteiger partial charge in [0.25, 0.3) is 6.33 Å². The van der Waals surface area contributed by atoms with Gasteiger partial charge in [0.2, 0.25) is 0 Å². The predicted octanol–water partition coefficient (Wildman–Crippen LogP) is 14.2. The summed E-state index contributed by atoms with van der Waals surface area (Å²) < 4.78 is 5.28. The van der Waals surface area contributed by atoms with Crippen molar-refractivity contribution in [1.29, 1.82) is 0 Å². The molecule has 0 saturated heterocycles. The zero-order valence-corrected chi connectivity index (χ0v) is 44.6. The van der Waals surface area contributed by atoms with E-state index in [0.717, 1.165) is 0 Å².